The molecule has 4 heterocycles. The summed E-state index contributed by atoms with van der Waals surface area (Å²) in [5.74, 6) is -2.54. The highest BCUT2D eigenvalue weighted by molar-refractivity contribution is 8.03. The number of β-lactam (4-membered cyclic amide) rings is 1. The number of rotatable bonds is 7. The Balaban J connectivity index is 1.47. The van der Waals surface area contributed by atoms with Gasteiger partial charge in [-0.3, -0.25) is 14.5 Å². The highest BCUT2D eigenvalue weighted by Crippen LogP contribution is 2.41. The number of esters is 1. The number of carbonyl (C=O) groups is 4. The van der Waals surface area contributed by atoms with Gasteiger partial charge in [0.1, 0.15) is 29.4 Å². The number of nitrogens with zero attached hydrogens (tertiary/aromatic N) is 3. The van der Waals surface area contributed by atoms with E-state index in [9.17, 15) is 29.5 Å². The minimum absolute atomic E-state index is 0.0570. The van der Waals surface area contributed by atoms with Crippen LogP contribution in [0.3, 0.4) is 0 Å². The quantitative estimate of drug-likeness (QED) is 0.129. The molecular formula is C17H15N5O7S3. The third-order valence-electron chi connectivity index (χ3n) is 4.68. The number of fused-ring (bicyclic) bond motifs is 1. The molecule has 5 N–H and O–H groups in total. The molecule has 0 bridgehead atoms. The van der Waals surface area contributed by atoms with E-state index in [1.54, 1.807) is 0 Å². The van der Waals surface area contributed by atoms with Crippen LogP contribution < -0.4 is 11.1 Å². The normalized spacial score (nSPS) is 22.8. The maximum absolute atomic E-state index is 12.7. The fourth-order valence-electron chi connectivity index (χ4n) is 3.23. The zero-order chi connectivity index (χ0) is 23.0. The molecule has 0 unspecified atom stereocenters. The number of thiazole rings is 1. The highest BCUT2D eigenvalue weighted by atomic mass is 32.2. The average Bonchev–Trinajstić information content (AvgIpc) is 3.38. The molecule has 3 aliphatic rings. The van der Waals surface area contributed by atoms with Crippen LogP contribution in [0, 0.1) is 0 Å². The van der Waals surface area contributed by atoms with Crippen LogP contribution in [-0.4, -0.2) is 79.2 Å². The molecule has 12 nitrogen and oxygen atoms in total. The molecule has 15 heteroatoms. The number of hydrogen-bond donors (Lipinski definition) is 4. The number of anilines is 1. The van der Waals surface area contributed by atoms with E-state index in [1.165, 1.54) is 35.0 Å². The molecular weight excluding hydrogens is 482 g/mol. The number of nitrogen functional groups attached to an aromatic ring is 1. The first kappa shape index (κ1) is 22.2. The molecule has 1 fully saturated rings. The number of hydrogen-bond acceptors (Lipinski definition) is 12. The average molecular weight is 498 g/mol. The zero-order valence-electron chi connectivity index (χ0n) is 16.0. The fourth-order valence-corrected chi connectivity index (χ4v) is 6.18. The molecule has 0 aliphatic carbocycles. The van der Waals surface area contributed by atoms with Gasteiger partial charge in [0, 0.05) is 27.9 Å². The summed E-state index contributed by atoms with van der Waals surface area (Å²) in [5.41, 5.74) is 5.58. The molecule has 0 aromatic carbocycles. The minimum Gasteiger partial charge on any atom is -0.477 e. The van der Waals surface area contributed by atoms with E-state index < -0.39 is 40.9 Å². The van der Waals surface area contributed by atoms with Crippen LogP contribution in [0.2, 0.25) is 0 Å². The van der Waals surface area contributed by atoms with Crippen LogP contribution in [0.5, 0.6) is 0 Å². The number of aromatic nitrogens is 1. The lowest BCUT2D eigenvalue weighted by Crippen LogP contribution is -2.71. The van der Waals surface area contributed by atoms with E-state index in [4.69, 9.17) is 10.5 Å². The first-order chi connectivity index (χ1) is 15.3. The second-order valence-corrected chi connectivity index (χ2v) is 9.74. The van der Waals surface area contributed by atoms with Gasteiger partial charge in [0.05, 0.1) is 0 Å². The number of ether oxygens (including phenoxy) is 1. The summed E-state index contributed by atoms with van der Waals surface area (Å²) < 4.78 is 4.83. The molecule has 0 spiro atoms. The summed E-state index contributed by atoms with van der Waals surface area (Å²) in [5, 5.41) is 25.3. The lowest BCUT2D eigenvalue weighted by atomic mass is 10.0. The van der Waals surface area contributed by atoms with Gasteiger partial charge in [0.15, 0.2) is 10.8 Å². The van der Waals surface area contributed by atoms with Crippen LogP contribution in [0.4, 0.5) is 5.13 Å². The molecule has 32 heavy (non-hydrogen) atoms. The van der Waals surface area contributed by atoms with Crippen LogP contribution in [-0.2, 0) is 23.9 Å². The Labute approximate surface area is 192 Å². The standard InChI is InChI=1S/C17H15N5O7S3/c18-17-19-8(5-32-17)10(21-28)13(24)20-11-14(25)22-12(16(26)27)6(4-31-15(11)22)3-30-7-1-9(23)29-2-7/h1,5,11,15,28H,2-4H2,(H2,18,19)(H,20,24)(H,26,27)/b21-10-/t11-,15+/m1/s1. The van der Waals surface area contributed by atoms with E-state index in [2.05, 4.69) is 15.5 Å². The number of carboxylic acid groups (broad SMARTS) is 1. The van der Waals surface area contributed by atoms with Crippen molar-refractivity contribution in [3.63, 3.8) is 0 Å². The van der Waals surface area contributed by atoms with Crippen molar-refractivity contribution in [2.24, 2.45) is 5.16 Å². The highest BCUT2D eigenvalue weighted by Gasteiger charge is 2.54. The first-order valence-corrected chi connectivity index (χ1v) is 11.9. The largest absolute Gasteiger partial charge is 0.477 e. The van der Waals surface area contributed by atoms with Crippen molar-refractivity contribution >= 4 is 69.5 Å². The third kappa shape index (κ3) is 4.05. The summed E-state index contributed by atoms with van der Waals surface area (Å²) in [6, 6.07) is -0.993. The van der Waals surface area contributed by atoms with E-state index in [0.717, 1.165) is 16.2 Å². The second-order valence-electron chi connectivity index (χ2n) is 6.64. The maximum atomic E-state index is 12.7. The summed E-state index contributed by atoms with van der Waals surface area (Å²) in [6.07, 6.45) is 1.35. The van der Waals surface area contributed by atoms with Gasteiger partial charge >= 0.3 is 11.9 Å². The Hall–Kier alpha value is -3.04. The van der Waals surface area contributed by atoms with Gasteiger partial charge in [0.25, 0.3) is 11.8 Å². The lowest BCUT2D eigenvalue weighted by molar-refractivity contribution is -0.150. The predicted octanol–water partition coefficient (Wildman–Crippen LogP) is -0.184. The molecule has 0 radical (unpaired) electrons. The van der Waals surface area contributed by atoms with Gasteiger partial charge in [-0.25, -0.2) is 14.6 Å². The van der Waals surface area contributed by atoms with Gasteiger partial charge in [-0.2, -0.15) is 0 Å². The Kier molecular flexibility index (Phi) is 6.12. The summed E-state index contributed by atoms with van der Waals surface area (Å²) in [7, 11) is 0. The first-order valence-electron chi connectivity index (χ1n) is 8.94. The Morgan fingerprint density at radius 3 is 2.81 bits per heavy atom. The molecule has 3 aliphatic heterocycles. The molecule has 1 aromatic heterocycles. The van der Waals surface area contributed by atoms with Gasteiger partial charge in [-0.15, -0.1) is 34.9 Å². The number of carboxylic acids is 1. The SMILES string of the molecule is Nc1nc(/C(=N/O)C(=O)N[C@@H]2C(=O)N3C(C(=O)O)=C(CSC4=CC(=O)OC4)CS[C@@H]23)cs1. The van der Waals surface area contributed by atoms with Crippen molar-refractivity contribution < 1.29 is 34.2 Å². The van der Waals surface area contributed by atoms with Crippen LogP contribution >= 0.6 is 34.9 Å². The van der Waals surface area contributed by atoms with Crippen molar-refractivity contribution in [2.75, 3.05) is 23.8 Å². The number of nitrogens with one attached hydrogen (secondary N) is 1. The predicted molar refractivity (Wildman–Crippen MR) is 116 cm³/mol. The monoisotopic (exact) mass is 497 g/mol. The van der Waals surface area contributed by atoms with Gasteiger partial charge < -0.3 is 26.1 Å². The molecule has 2 amide bonds. The van der Waals surface area contributed by atoms with E-state index in [0.29, 0.717) is 16.2 Å². The summed E-state index contributed by atoms with van der Waals surface area (Å²) in [4.78, 5) is 54.0. The Morgan fingerprint density at radius 1 is 1.44 bits per heavy atom. The third-order valence-corrected chi connectivity index (χ3v) is 7.80. The van der Waals surface area contributed by atoms with E-state index in [1.807, 2.05) is 0 Å². The maximum Gasteiger partial charge on any atom is 0.352 e. The number of oxime groups is 1. The fraction of sp³-hybridized carbons (Fsp3) is 0.294. The van der Waals surface area contributed by atoms with Crippen molar-refractivity contribution in [1.82, 2.24) is 15.2 Å². The number of cyclic esters (lactones) is 1. The van der Waals surface area contributed by atoms with Crippen molar-refractivity contribution in [3.8, 4) is 0 Å². The smallest absolute Gasteiger partial charge is 0.352 e. The van der Waals surface area contributed by atoms with E-state index >= 15 is 0 Å². The number of amides is 2. The molecule has 1 saturated heterocycles. The van der Waals surface area contributed by atoms with Gasteiger partial charge in [-0.1, -0.05) is 5.16 Å². The molecule has 0 saturated carbocycles. The number of aliphatic carboxylic acids is 1. The molecule has 2 atom stereocenters. The number of nitrogens with two attached hydrogens (primary N) is 1. The molecule has 1 aromatic rings. The second kappa shape index (κ2) is 8.84. The van der Waals surface area contributed by atoms with Crippen molar-refractivity contribution in [2.45, 2.75) is 11.4 Å². The topological polar surface area (TPSA) is 185 Å². The molecule has 4 rings (SSSR count). The minimum atomic E-state index is -1.26. The van der Waals surface area contributed by atoms with E-state index in [-0.39, 0.29) is 28.9 Å². The van der Waals surface area contributed by atoms with Gasteiger partial charge in [-0.05, 0) is 5.57 Å². The Bertz CT molecular complexity index is 1110. The Morgan fingerprint density at radius 2 is 2.22 bits per heavy atom. The summed E-state index contributed by atoms with van der Waals surface area (Å²) >= 11 is 3.63. The summed E-state index contributed by atoms with van der Waals surface area (Å²) in [6.45, 7) is 0.144. The van der Waals surface area contributed by atoms with Crippen molar-refractivity contribution in [1.29, 1.82) is 0 Å². The molecule has 168 valence electrons. The van der Waals surface area contributed by atoms with Gasteiger partial charge in [0.2, 0.25) is 0 Å². The van der Waals surface area contributed by atoms with Crippen LogP contribution in [0.15, 0.2) is 32.8 Å². The van der Waals surface area contributed by atoms with Crippen LogP contribution in [0.25, 0.3) is 0 Å². The van der Waals surface area contributed by atoms with Crippen LogP contribution in [0.1, 0.15) is 5.69 Å². The van der Waals surface area contributed by atoms with Crippen molar-refractivity contribution in [3.05, 3.63) is 33.3 Å². The lowest BCUT2D eigenvalue weighted by Gasteiger charge is -2.49. The number of carbonyl (C=O) groups excluding carboxylic acids is 3. The number of thioether (sulfide) groups is 2. The zero-order valence-corrected chi connectivity index (χ0v) is 18.5.